The van der Waals surface area contributed by atoms with Crippen molar-refractivity contribution in [3.8, 4) is 11.4 Å². The highest BCUT2D eigenvalue weighted by Gasteiger charge is 2.15. The van der Waals surface area contributed by atoms with Crippen LogP contribution in [0.3, 0.4) is 0 Å². The third kappa shape index (κ3) is 3.08. The molecule has 2 N–H and O–H groups in total. The number of nitrogens with two attached hydrogens (primary N) is 1. The molecular formula is C14H16N4OS. The van der Waals surface area contributed by atoms with Crippen LogP contribution < -0.4 is 5.73 Å². The summed E-state index contributed by atoms with van der Waals surface area (Å²) in [7, 11) is 0. The predicted molar refractivity (Wildman–Crippen MR) is 80.3 cm³/mol. The Morgan fingerprint density at radius 3 is 2.85 bits per heavy atom. The zero-order chi connectivity index (χ0) is 14.5. The van der Waals surface area contributed by atoms with Gasteiger partial charge < -0.3 is 5.73 Å². The zero-order valence-electron chi connectivity index (χ0n) is 11.2. The SMILES string of the molecule is C=CCn1c(SCC(N)=O)nnc1-c1ccccc1C. The normalized spacial score (nSPS) is 10.4. The quantitative estimate of drug-likeness (QED) is 0.652. The van der Waals surface area contributed by atoms with Crippen molar-refractivity contribution in [2.24, 2.45) is 5.73 Å². The van der Waals surface area contributed by atoms with Crippen molar-refractivity contribution in [2.45, 2.75) is 18.6 Å². The number of nitrogens with zero attached hydrogens (tertiary/aromatic N) is 3. The van der Waals surface area contributed by atoms with E-state index in [0.717, 1.165) is 17.0 Å². The van der Waals surface area contributed by atoms with Gasteiger partial charge in [-0.05, 0) is 12.5 Å². The topological polar surface area (TPSA) is 73.8 Å². The molecule has 0 bridgehead atoms. The van der Waals surface area contributed by atoms with E-state index in [1.54, 1.807) is 6.08 Å². The van der Waals surface area contributed by atoms with Crippen molar-refractivity contribution in [1.82, 2.24) is 14.8 Å². The Labute approximate surface area is 121 Å². The van der Waals surface area contributed by atoms with Gasteiger partial charge in [-0.3, -0.25) is 9.36 Å². The number of thioether (sulfide) groups is 1. The second-order valence-electron chi connectivity index (χ2n) is 4.28. The average Bonchev–Trinajstić information content (AvgIpc) is 2.80. The van der Waals surface area contributed by atoms with Crippen LogP contribution in [0.15, 0.2) is 42.1 Å². The number of hydrogen-bond donors (Lipinski definition) is 1. The lowest BCUT2D eigenvalue weighted by molar-refractivity contribution is -0.115. The summed E-state index contributed by atoms with van der Waals surface area (Å²) in [6.45, 7) is 6.36. The summed E-state index contributed by atoms with van der Waals surface area (Å²) in [6, 6.07) is 7.97. The van der Waals surface area contributed by atoms with Crippen LogP contribution in [0, 0.1) is 6.92 Å². The van der Waals surface area contributed by atoms with Gasteiger partial charge in [-0.2, -0.15) is 0 Å². The van der Waals surface area contributed by atoms with Gasteiger partial charge in [-0.1, -0.05) is 42.1 Å². The number of primary amides is 1. The first-order valence-electron chi connectivity index (χ1n) is 6.14. The minimum absolute atomic E-state index is 0.184. The highest BCUT2D eigenvalue weighted by Crippen LogP contribution is 2.26. The molecule has 1 aromatic heterocycles. The number of benzene rings is 1. The molecule has 5 nitrogen and oxygen atoms in total. The van der Waals surface area contributed by atoms with Gasteiger partial charge in [-0.25, -0.2) is 0 Å². The molecule has 0 fully saturated rings. The molecule has 0 atom stereocenters. The Morgan fingerprint density at radius 2 is 2.20 bits per heavy atom. The Hall–Kier alpha value is -2.08. The van der Waals surface area contributed by atoms with Crippen LogP contribution >= 0.6 is 11.8 Å². The average molecular weight is 288 g/mol. The Morgan fingerprint density at radius 1 is 1.45 bits per heavy atom. The lowest BCUT2D eigenvalue weighted by Crippen LogP contribution is -2.14. The maximum absolute atomic E-state index is 10.9. The van der Waals surface area contributed by atoms with Gasteiger partial charge in [0.05, 0.1) is 5.75 Å². The zero-order valence-corrected chi connectivity index (χ0v) is 12.1. The standard InChI is InChI=1S/C14H16N4OS/c1-3-8-18-13(11-7-5-4-6-10(11)2)16-17-14(18)20-9-12(15)19/h3-7H,1,8-9H2,2H3,(H2,15,19). The lowest BCUT2D eigenvalue weighted by atomic mass is 10.1. The van der Waals surface area contributed by atoms with Gasteiger partial charge in [0.15, 0.2) is 11.0 Å². The van der Waals surface area contributed by atoms with Gasteiger partial charge in [0.2, 0.25) is 5.91 Å². The maximum atomic E-state index is 10.9. The van der Waals surface area contributed by atoms with Crippen LogP contribution in [0.1, 0.15) is 5.56 Å². The van der Waals surface area contributed by atoms with Crippen LogP contribution in [-0.2, 0) is 11.3 Å². The van der Waals surface area contributed by atoms with Gasteiger partial charge in [0, 0.05) is 12.1 Å². The summed E-state index contributed by atoms with van der Waals surface area (Å²) >= 11 is 1.28. The number of hydrogen-bond acceptors (Lipinski definition) is 4. The first-order chi connectivity index (χ1) is 9.63. The van der Waals surface area contributed by atoms with E-state index in [0.29, 0.717) is 11.7 Å². The fourth-order valence-corrected chi connectivity index (χ4v) is 2.53. The summed E-state index contributed by atoms with van der Waals surface area (Å²) in [5.74, 6) is 0.582. The first-order valence-corrected chi connectivity index (χ1v) is 7.13. The van der Waals surface area contributed by atoms with Crippen LogP contribution in [0.5, 0.6) is 0 Å². The van der Waals surface area contributed by atoms with Crippen molar-refractivity contribution in [2.75, 3.05) is 5.75 Å². The monoisotopic (exact) mass is 288 g/mol. The first kappa shape index (κ1) is 14.3. The maximum Gasteiger partial charge on any atom is 0.227 e. The number of amides is 1. The Bertz CT molecular complexity index is 636. The van der Waals surface area contributed by atoms with E-state index in [1.165, 1.54) is 11.8 Å². The molecule has 0 radical (unpaired) electrons. The third-order valence-electron chi connectivity index (χ3n) is 2.76. The lowest BCUT2D eigenvalue weighted by Gasteiger charge is -2.08. The van der Waals surface area contributed by atoms with Gasteiger partial charge >= 0.3 is 0 Å². The molecule has 0 aliphatic rings. The summed E-state index contributed by atoms with van der Waals surface area (Å²) < 4.78 is 1.93. The molecule has 0 unspecified atom stereocenters. The molecule has 2 rings (SSSR count). The minimum atomic E-state index is -0.374. The van der Waals surface area contributed by atoms with Crippen molar-refractivity contribution in [1.29, 1.82) is 0 Å². The molecule has 1 amide bonds. The van der Waals surface area contributed by atoms with Gasteiger partial charge in [-0.15, -0.1) is 16.8 Å². The highest BCUT2D eigenvalue weighted by molar-refractivity contribution is 7.99. The second-order valence-corrected chi connectivity index (χ2v) is 5.22. The molecule has 20 heavy (non-hydrogen) atoms. The molecule has 0 spiro atoms. The molecule has 0 saturated carbocycles. The number of aryl methyl sites for hydroxylation is 1. The summed E-state index contributed by atoms with van der Waals surface area (Å²) in [5.41, 5.74) is 7.31. The summed E-state index contributed by atoms with van der Waals surface area (Å²) in [4.78, 5) is 10.9. The fraction of sp³-hybridized carbons (Fsp3) is 0.214. The number of rotatable bonds is 6. The number of allylic oxidation sites excluding steroid dienone is 1. The summed E-state index contributed by atoms with van der Waals surface area (Å²) in [6.07, 6.45) is 1.78. The molecule has 1 aromatic carbocycles. The minimum Gasteiger partial charge on any atom is -0.369 e. The molecule has 6 heteroatoms. The molecular weight excluding hydrogens is 272 g/mol. The van der Waals surface area contributed by atoms with Crippen molar-refractivity contribution in [3.05, 3.63) is 42.5 Å². The largest absolute Gasteiger partial charge is 0.369 e. The second kappa shape index (κ2) is 6.38. The number of carbonyl (C=O) groups excluding carboxylic acids is 1. The molecule has 2 aromatic rings. The van der Waals surface area contributed by atoms with E-state index in [9.17, 15) is 4.79 Å². The number of aromatic nitrogens is 3. The van der Waals surface area contributed by atoms with Crippen molar-refractivity contribution < 1.29 is 4.79 Å². The van der Waals surface area contributed by atoms with Crippen LogP contribution in [0.2, 0.25) is 0 Å². The van der Waals surface area contributed by atoms with Crippen LogP contribution in [-0.4, -0.2) is 26.4 Å². The van der Waals surface area contributed by atoms with Gasteiger partial charge in [0.1, 0.15) is 0 Å². The van der Waals surface area contributed by atoms with Gasteiger partial charge in [0.25, 0.3) is 0 Å². The molecule has 0 saturated heterocycles. The smallest absolute Gasteiger partial charge is 0.227 e. The Balaban J connectivity index is 2.41. The van der Waals surface area contributed by atoms with E-state index in [-0.39, 0.29) is 11.7 Å². The molecule has 1 heterocycles. The third-order valence-corrected chi connectivity index (χ3v) is 3.75. The number of carbonyl (C=O) groups is 1. The van der Waals surface area contributed by atoms with E-state index in [2.05, 4.69) is 16.8 Å². The van der Waals surface area contributed by atoms with Crippen LogP contribution in [0.25, 0.3) is 11.4 Å². The van der Waals surface area contributed by atoms with Crippen LogP contribution in [0.4, 0.5) is 0 Å². The summed E-state index contributed by atoms with van der Waals surface area (Å²) in [5, 5.41) is 9.05. The van der Waals surface area contributed by atoms with E-state index in [4.69, 9.17) is 5.73 Å². The molecule has 0 aliphatic carbocycles. The predicted octanol–water partition coefficient (Wildman–Crippen LogP) is 2.02. The fourth-order valence-electron chi connectivity index (χ4n) is 1.85. The molecule has 104 valence electrons. The van der Waals surface area contributed by atoms with E-state index < -0.39 is 0 Å². The highest BCUT2D eigenvalue weighted by atomic mass is 32.2. The molecule has 0 aliphatic heterocycles. The van der Waals surface area contributed by atoms with Crippen molar-refractivity contribution >= 4 is 17.7 Å². The van der Waals surface area contributed by atoms with E-state index >= 15 is 0 Å². The Kier molecular flexibility index (Phi) is 4.57. The van der Waals surface area contributed by atoms with Crippen molar-refractivity contribution in [3.63, 3.8) is 0 Å². The van der Waals surface area contributed by atoms with E-state index in [1.807, 2.05) is 35.8 Å².